The second-order valence-electron chi connectivity index (χ2n) is 5.77. The lowest BCUT2D eigenvalue weighted by molar-refractivity contribution is 0.0778. The van der Waals surface area contributed by atoms with Gasteiger partial charge in [-0.25, -0.2) is 4.68 Å². The van der Waals surface area contributed by atoms with Gasteiger partial charge in [-0.05, 0) is 43.7 Å². The molecule has 1 amide bonds. The fraction of sp³-hybridized carbons (Fsp3) is 0.278. The lowest BCUT2D eigenvalue weighted by Crippen LogP contribution is -2.26. The molecule has 0 unspecified atom stereocenters. The maximum atomic E-state index is 12.5. The molecular weight excluding hydrogens is 302 g/mol. The number of aromatic nitrogens is 4. The van der Waals surface area contributed by atoms with Gasteiger partial charge in [0.1, 0.15) is 0 Å². The lowest BCUT2D eigenvalue weighted by Gasteiger charge is -2.16. The summed E-state index contributed by atoms with van der Waals surface area (Å²) >= 11 is 0. The summed E-state index contributed by atoms with van der Waals surface area (Å²) in [7, 11) is 1.80. The van der Waals surface area contributed by atoms with E-state index >= 15 is 0 Å². The Labute approximate surface area is 141 Å². The minimum Gasteiger partial charge on any atom is -0.336 e. The number of amides is 1. The van der Waals surface area contributed by atoms with Gasteiger partial charge in [-0.2, -0.15) is 10.2 Å². The smallest absolute Gasteiger partial charge is 0.274 e. The highest BCUT2D eigenvalue weighted by molar-refractivity contribution is 5.92. The monoisotopic (exact) mass is 323 g/mol. The molecule has 0 saturated heterocycles. The van der Waals surface area contributed by atoms with Crippen molar-refractivity contribution in [2.24, 2.45) is 0 Å². The van der Waals surface area contributed by atoms with E-state index in [-0.39, 0.29) is 5.91 Å². The molecular formula is C18H21N5O. The van der Waals surface area contributed by atoms with Gasteiger partial charge >= 0.3 is 0 Å². The molecule has 124 valence electrons. The van der Waals surface area contributed by atoms with Crippen molar-refractivity contribution < 1.29 is 4.79 Å². The summed E-state index contributed by atoms with van der Waals surface area (Å²) in [6.07, 6.45) is 3.65. The summed E-state index contributed by atoms with van der Waals surface area (Å²) < 4.78 is 3.64. The number of benzene rings is 1. The molecule has 0 radical (unpaired) electrons. The van der Waals surface area contributed by atoms with E-state index in [0.717, 1.165) is 23.5 Å². The topological polar surface area (TPSA) is 56.0 Å². The van der Waals surface area contributed by atoms with Crippen LogP contribution in [-0.4, -0.2) is 37.4 Å². The average Bonchev–Trinajstić information content (AvgIpc) is 3.24. The first kappa shape index (κ1) is 16.0. The third kappa shape index (κ3) is 3.22. The lowest BCUT2D eigenvalue weighted by atomic mass is 10.2. The molecule has 0 aliphatic heterocycles. The zero-order valence-corrected chi connectivity index (χ0v) is 14.2. The summed E-state index contributed by atoms with van der Waals surface area (Å²) in [5.74, 6) is -0.0681. The van der Waals surface area contributed by atoms with Crippen LogP contribution in [0.2, 0.25) is 0 Å². The number of rotatable bonds is 5. The van der Waals surface area contributed by atoms with Crippen molar-refractivity contribution in [2.45, 2.75) is 26.9 Å². The van der Waals surface area contributed by atoms with Crippen LogP contribution >= 0.6 is 0 Å². The van der Waals surface area contributed by atoms with Crippen molar-refractivity contribution in [3.8, 4) is 5.69 Å². The molecule has 1 aromatic carbocycles. The Morgan fingerprint density at radius 3 is 2.58 bits per heavy atom. The third-order valence-corrected chi connectivity index (χ3v) is 3.97. The number of hydrogen-bond acceptors (Lipinski definition) is 3. The molecule has 6 nitrogen and oxygen atoms in total. The first-order chi connectivity index (χ1) is 11.6. The predicted molar refractivity (Wildman–Crippen MR) is 92.0 cm³/mol. The highest BCUT2D eigenvalue weighted by Gasteiger charge is 2.16. The quantitative estimate of drug-likeness (QED) is 0.725. The molecule has 0 aliphatic rings. The molecule has 0 atom stereocenters. The van der Waals surface area contributed by atoms with Gasteiger partial charge in [-0.1, -0.05) is 12.1 Å². The number of carbonyl (C=O) groups excluding carboxylic acids is 1. The van der Waals surface area contributed by atoms with Gasteiger partial charge < -0.3 is 4.90 Å². The molecule has 6 heteroatoms. The van der Waals surface area contributed by atoms with Crippen LogP contribution in [0.4, 0.5) is 0 Å². The minimum atomic E-state index is -0.0681. The number of aryl methyl sites for hydroxylation is 2. The van der Waals surface area contributed by atoms with Crippen LogP contribution in [0.3, 0.4) is 0 Å². The highest BCUT2D eigenvalue weighted by Crippen LogP contribution is 2.12. The third-order valence-electron chi connectivity index (χ3n) is 3.97. The zero-order chi connectivity index (χ0) is 17.1. The fourth-order valence-corrected chi connectivity index (χ4v) is 2.65. The number of hydrogen-bond donors (Lipinski definition) is 0. The Bertz CT molecular complexity index is 818. The Morgan fingerprint density at radius 2 is 2.00 bits per heavy atom. The van der Waals surface area contributed by atoms with Gasteiger partial charge in [0.25, 0.3) is 5.91 Å². The Morgan fingerprint density at radius 1 is 1.25 bits per heavy atom. The van der Waals surface area contributed by atoms with E-state index in [0.29, 0.717) is 12.2 Å². The largest absolute Gasteiger partial charge is 0.336 e. The van der Waals surface area contributed by atoms with Crippen molar-refractivity contribution >= 4 is 5.91 Å². The van der Waals surface area contributed by atoms with E-state index in [2.05, 4.69) is 10.2 Å². The second-order valence-corrected chi connectivity index (χ2v) is 5.77. The number of nitrogens with zero attached hydrogens (tertiary/aromatic N) is 5. The second kappa shape index (κ2) is 6.70. The van der Waals surface area contributed by atoms with Crippen LogP contribution in [0, 0.1) is 6.92 Å². The molecule has 3 aromatic rings. The van der Waals surface area contributed by atoms with Crippen LogP contribution in [0.1, 0.15) is 28.7 Å². The standard InChI is InChI=1S/C18H21N5O/c1-4-22-14(2)12-17(20-22)18(24)21(3)13-15-6-8-16(9-7-15)23-11-5-10-19-23/h5-12H,4,13H2,1-3H3. The molecule has 0 aliphatic carbocycles. The van der Waals surface area contributed by atoms with Gasteiger partial charge in [0.2, 0.25) is 0 Å². The predicted octanol–water partition coefficient (Wildman–Crippen LogP) is 2.67. The van der Waals surface area contributed by atoms with Gasteiger partial charge in [0, 0.05) is 38.2 Å². The van der Waals surface area contributed by atoms with E-state index in [4.69, 9.17) is 0 Å². The number of carbonyl (C=O) groups is 1. The summed E-state index contributed by atoms with van der Waals surface area (Å²) in [4.78, 5) is 14.2. The van der Waals surface area contributed by atoms with Gasteiger partial charge in [0.15, 0.2) is 5.69 Å². The molecule has 0 saturated carbocycles. The van der Waals surface area contributed by atoms with E-state index < -0.39 is 0 Å². The maximum absolute atomic E-state index is 12.5. The van der Waals surface area contributed by atoms with E-state index in [9.17, 15) is 4.79 Å². The molecule has 0 N–H and O–H groups in total. The van der Waals surface area contributed by atoms with E-state index in [1.54, 1.807) is 22.8 Å². The first-order valence-corrected chi connectivity index (χ1v) is 7.97. The first-order valence-electron chi connectivity index (χ1n) is 7.97. The molecule has 0 spiro atoms. The summed E-state index contributed by atoms with van der Waals surface area (Å²) in [5, 5.41) is 8.56. The SMILES string of the molecule is CCn1nc(C(=O)N(C)Cc2ccc(-n3cccn3)cc2)cc1C. The zero-order valence-electron chi connectivity index (χ0n) is 14.2. The summed E-state index contributed by atoms with van der Waals surface area (Å²) in [5.41, 5.74) is 3.55. The van der Waals surface area contributed by atoms with Crippen LogP contribution in [-0.2, 0) is 13.1 Å². The average molecular weight is 323 g/mol. The van der Waals surface area contributed by atoms with Crippen molar-refractivity contribution in [3.05, 3.63) is 65.7 Å². The van der Waals surface area contributed by atoms with E-state index in [1.165, 1.54) is 0 Å². The van der Waals surface area contributed by atoms with Gasteiger partial charge in [-0.3, -0.25) is 9.48 Å². The Hall–Kier alpha value is -2.89. The molecule has 2 heterocycles. The fourth-order valence-electron chi connectivity index (χ4n) is 2.65. The van der Waals surface area contributed by atoms with E-state index in [1.807, 2.05) is 61.1 Å². The molecule has 2 aromatic heterocycles. The molecule has 0 fully saturated rings. The van der Waals surface area contributed by atoms with Crippen molar-refractivity contribution in [1.82, 2.24) is 24.5 Å². The molecule has 3 rings (SSSR count). The molecule has 24 heavy (non-hydrogen) atoms. The Balaban J connectivity index is 1.69. The summed E-state index contributed by atoms with van der Waals surface area (Å²) in [6, 6.07) is 11.7. The molecule has 0 bridgehead atoms. The minimum absolute atomic E-state index is 0.0681. The normalized spacial score (nSPS) is 10.8. The van der Waals surface area contributed by atoms with Gasteiger partial charge in [-0.15, -0.1) is 0 Å². The summed E-state index contributed by atoms with van der Waals surface area (Å²) in [6.45, 7) is 5.27. The van der Waals surface area contributed by atoms with Crippen LogP contribution in [0.15, 0.2) is 48.8 Å². The maximum Gasteiger partial charge on any atom is 0.274 e. The highest BCUT2D eigenvalue weighted by atomic mass is 16.2. The van der Waals surface area contributed by atoms with Gasteiger partial charge in [0.05, 0.1) is 5.69 Å². The Kier molecular flexibility index (Phi) is 4.46. The van der Waals surface area contributed by atoms with Crippen LogP contribution in [0.25, 0.3) is 5.69 Å². The van der Waals surface area contributed by atoms with Crippen LogP contribution in [0.5, 0.6) is 0 Å². The van der Waals surface area contributed by atoms with Crippen molar-refractivity contribution in [1.29, 1.82) is 0 Å². The van der Waals surface area contributed by atoms with Crippen LogP contribution < -0.4 is 0 Å². The van der Waals surface area contributed by atoms with Crippen molar-refractivity contribution in [3.63, 3.8) is 0 Å². The van der Waals surface area contributed by atoms with Crippen molar-refractivity contribution in [2.75, 3.05) is 7.05 Å².